The van der Waals surface area contributed by atoms with Crippen molar-refractivity contribution in [3.05, 3.63) is 88.9 Å². The van der Waals surface area contributed by atoms with E-state index < -0.39 is 18.2 Å². The Morgan fingerprint density at radius 3 is 2.24 bits per heavy atom. The van der Waals surface area contributed by atoms with Crippen LogP contribution in [0.25, 0.3) is 22.4 Å². The Morgan fingerprint density at radius 2 is 1.59 bits per heavy atom. The van der Waals surface area contributed by atoms with Crippen molar-refractivity contribution in [2.45, 2.75) is 19.4 Å². The lowest BCUT2D eigenvalue weighted by Crippen LogP contribution is -2.17. The van der Waals surface area contributed by atoms with Crippen molar-refractivity contribution in [3.8, 4) is 22.4 Å². The second kappa shape index (κ2) is 10.2. The maximum absolute atomic E-state index is 12.4. The molecular formula is C25H20ClN3O5. The first-order chi connectivity index (χ1) is 16.4. The zero-order chi connectivity index (χ0) is 24.1. The molecular weight excluding hydrogens is 458 g/mol. The van der Waals surface area contributed by atoms with E-state index in [0.717, 1.165) is 16.7 Å². The average molecular weight is 478 g/mol. The van der Waals surface area contributed by atoms with Crippen LogP contribution in [0.3, 0.4) is 0 Å². The van der Waals surface area contributed by atoms with E-state index in [4.69, 9.17) is 26.1 Å². The fraction of sp³-hybridized carbons (Fsp3) is 0.120. The van der Waals surface area contributed by atoms with E-state index in [0.29, 0.717) is 21.8 Å². The van der Waals surface area contributed by atoms with Gasteiger partial charge in [-0.3, -0.25) is 10.1 Å². The summed E-state index contributed by atoms with van der Waals surface area (Å²) in [5.74, 6) is -0.743. The van der Waals surface area contributed by atoms with Crippen LogP contribution in [-0.4, -0.2) is 27.5 Å². The number of carboxylic acid groups (broad SMARTS) is 1. The van der Waals surface area contributed by atoms with E-state index in [1.807, 2.05) is 42.5 Å². The Labute approximate surface area is 200 Å². The molecule has 1 unspecified atom stereocenters. The fourth-order valence-corrected chi connectivity index (χ4v) is 3.71. The molecule has 0 fully saturated rings. The lowest BCUT2D eigenvalue weighted by atomic mass is 10.0. The third-order valence-corrected chi connectivity index (χ3v) is 5.48. The van der Waals surface area contributed by atoms with Gasteiger partial charge in [0.1, 0.15) is 6.10 Å². The van der Waals surface area contributed by atoms with Gasteiger partial charge in [-0.2, -0.15) is 0 Å². The number of ether oxygens (including phenoxy) is 1. The van der Waals surface area contributed by atoms with Crippen molar-refractivity contribution in [2.24, 2.45) is 0 Å². The van der Waals surface area contributed by atoms with Gasteiger partial charge in [0.15, 0.2) is 5.69 Å². The number of aliphatic carboxylic acids is 1. The first-order valence-corrected chi connectivity index (χ1v) is 10.7. The van der Waals surface area contributed by atoms with Gasteiger partial charge in [-0.05, 0) is 40.0 Å². The van der Waals surface area contributed by atoms with Crippen LogP contribution in [0.5, 0.6) is 0 Å². The number of hydrogen-bond donors (Lipinski definition) is 2. The molecule has 0 bridgehead atoms. The Kier molecular flexibility index (Phi) is 6.89. The van der Waals surface area contributed by atoms with Crippen molar-refractivity contribution in [1.29, 1.82) is 0 Å². The second-order valence-corrected chi connectivity index (χ2v) is 7.91. The van der Waals surface area contributed by atoms with Crippen LogP contribution in [0, 0.1) is 0 Å². The highest BCUT2D eigenvalue weighted by Gasteiger charge is 2.19. The number of carbonyl (C=O) groups is 2. The number of nitrogens with zero attached hydrogens (tertiary/aromatic N) is 2. The third-order valence-electron chi connectivity index (χ3n) is 5.14. The molecule has 1 heterocycles. The summed E-state index contributed by atoms with van der Waals surface area (Å²) in [6.45, 7) is 1.72. The van der Waals surface area contributed by atoms with Gasteiger partial charge in [-0.1, -0.05) is 78.3 Å². The highest BCUT2D eigenvalue weighted by atomic mass is 35.5. The summed E-state index contributed by atoms with van der Waals surface area (Å²) in [6.07, 6.45) is -1.31. The summed E-state index contributed by atoms with van der Waals surface area (Å²) in [6, 6.07) is 21.8. The smallest absolute Gasteiger partial charge is 0.413 e. The summed E-state index contributed by atoms with van der Waals surface area (Å²) in [5.41, 5.74) is 4.32. The summed E-state index contributed by atoms with van der Waals surface area (Å²) in [4.78, 5) is 23.2. The topological polar surface area (TPSA) is 115 Å². The molecule has 172 valence electrons. The van der Waals surface area contributed by atoms with Gasteiger partial charge in [-0.15, -0.1) is 0 Å². The molecule has 0 aliphatic carbocycles. The van der Waals surface area contributed by atoms with Gasteiger partial charge in [0.05, 0.1) is 6.42 Å². The molecule has 34 heavy (non-hydrogen) atoms. The molecule has 3 aromatic carbocycles. The first kappa shape index (κ1) is 23.0. The maximum atomic E-state index is 12.4. The second-order valence-electron chi connectivity index (χ2n) is 7.50. The number of hydrogen-bond acceptors (Lipinski definition) is 6. The van der Waals surface area contributed by atoms with Crippen LogP contribution in [0.2, 0.25) is 5.02 Å². The standard InChI is InChI=1S/C25H20ClN3O5/c1-15(20-4-2-3-5-21(20)26)33-25(32)27-24-23(28-34-29-24)19-12-10-18(11-13-19)17-8-6-16(7-9-17)14-22(30)31/h2-13,15H,14H2,1H3,(H,30,31)(H,27,29,32). The number of carbonyl (C=O) groups excluding carboxylic acids is 1. The number of halogens is 1. The predicted molar refractivity (Wildman–Crippen MR) is 126 cm³/mol. The number of aromatic nitrogens is 2. The molecule has 0 aliphatic heterocycles. The molecule has 9 heteroatoms. The molecule has 0 spiro atoms. The summed E-state index contributed by atoms with van der Waals surface area (Å²) in [5, 5.41) is 19.6. The third kappa shape index (κ3) is 5.41. The minimum Gasteiger partial charge on any atom is -0.481 e. The largest absolute Gasteiger partial charge is 0.481 e. The van der Waals surface area contributed by atoms with E-state index in [9.17, 15) is 9.59 Å². The summed E-state index contributed by atoms with van der Waals surface area (Å²) < 4.78 is 10.2. The highest BCUT2D eigenvalue weighted by Crippen LogP contribution is 2.29. The Balaban J connectivity index is 1.44. The van der Waals surface area contributed by atoms with Crippen molar-refractivity contribution in [2.75, 3.05) is 5.32 Å². The minimum absolute atomic E-state index is 0.0201. The SMILES string of the molecule is CC(OC(=O)Nc1nonc1-c1ccc(-c2ccc(CC(=O)O)cc2)cc1)c1ccccc1Cl. The molecule has 4 rings (SSSR count). The average Bonchev–Trinajstić information content (AvgIpc) is 3.27. The Bertz CT molecular complexity index is 1300. The van der Waals surface area contributed by atoms with Crippen LogP contribution in [0.1, 0.15) is 24.2 Å². The van der Waals surface area contributed by atoms with E-state index >= 15 is 0 Å². The molecule has 0 saturated heterocycles. The quantitative estimate of drug-likeness (QED) is 0.335. The van der Waals surface area contributed by atoms with Gasteiger partial charge in [0.2, 0.25) is 5.82 Å². The molecule has 2 N–H and O–H groups in total. The molecule has 0 aliphatic rings. The lowest BCUT2D eigenvalue weighted by molar-refractivity contribution is -0.136. The van der Waals surface area contributed by atoms with Crippen LogP contribution in [-0.2, 0) is 16.0 Å². The number of benzene rings is 3. The van der Waals surface area contributed by atoms with Crippen molar-refractivity contribution >= 4 is 29.5 Å². The fourth-order valence-electron chi connectivity index (χ4n) is 3.43. The lowest BCUT2D eigenvalue weighted by Gasteiger charge is -2.14. The van der Waals surface area contributed by atoms with Gasteiger partial charge >= 0.3 is 12.1 Å². The predicted octanol–water partition coefficient (Wildman–Crippen LogP) is 5.99. The molecule has 0 radical (unpaired) electrons. The molecule has 0 saturated carbocycles. The Morgan fingerprint density at radius 1 is 0.971 bits per heavy atom. The van der Waals surface area contributed by atoms with Crippen LogP contribution in [0.4, 0.5) is 10.6 Å². The number of amides is 1. The molecule has 1 atom stereocenters. The molecule has 1 aromatic heterocycles. The number of nitrogens with one attached hydrogen (secondary N) is 1. The van der Waals surface area contributed by atoms with E-state index in [1.165, 1.54) is 0 Å². The number of carboxylic acids is 1. The van der Waals surface area contributed by atoms with Crippen LogP contribution >= 0.6 is 11.6 Å². The zero-order valence-electron chi connectivity index (χ0n) is 18.1. The molecule has 8 nitrogen and oxygen atoms in total. The maximum Gasteiger partial charge on any atom is 0.413 e. The van der Waals surface area contributed by atoms with E-state index in [-0.39, 0.29) is 12.2 Å². The van der Waals surface area contributed by atoms with Crippen LogP contribution < -0.4 is 5.32 Å². The summed E-state index contributed by atoms with van der Waals surface area (Å²) in [7, 11) is 0. The monoisotopic (exact) mass is 477 g/mol. The zero-order valence-corrected chi connectivity index (χ0v) is 18.8. The molecule has 4 aromatic rings. The van der Waals surface area contributed by atoms with E-state index in [1.54, 1.807) is 37.3 Å². The highest BCUT2D eigenvalue weighted by molar-refractivity contribution is 6.31. The molecule has 1 amide bonds. The summed E-state index contributed by atoms with van der Waals surface area (Å²) >= 11 is 6.16. The van der Waals surface area contributed by atoms with Gasteiger partial charge in [0, 0.05) is 16.1 Å². The number of rotatable bonds is 7. The van der Waals surface area contributed by atoms with Gasteiger partial charge in [-0.25, -0.2) is 9.42 Å². The number of anilines is 1. The van der Waals surface area contributed by atoms with Crippen molar-refractivity contribution < 1.29 is 24.1 Å². The van der Waals surface area contributed by atoms with E-state index in [2.05, 4.69) is 15.6 Å². The first-order valence-electron chi connectivity index (χ1n) is 10.4. The van der Waals surface area contributed by atoms with Gasteiger partial charge < -0.3 is 9.84 Å². The Hall–Kier alpha value is -4.17. The van der Waals surface area contributed by atoms with Crippen molar-refractivity contribution in [1.82, 2.24) is 10.3 Å². The van der Waals surface area contributed by atoms with Crippen LogP contribution in [0.15, 0.2) is 77.4 Å². The normalized spacial score (nSPS) is 11.6. The van der Waals surface area contributed by atoms with Gasteiger partial charge in [0.25, 0.3) is 0 Å². The van der Waals surface area contributed by atoms with Crippen molar-refractivity contribution in [3.63, 3.8) is 0 Å². The minimum atomic E-state index is -0.870.